The molecule has 7 heteroatoms. The molecule has 0 aliphatic carbocycles. The predicted molar refractivity (Wildman–Crippen MR) is 91.9 cm³/mol. The van der Waals surface area contributed by atoms with Crippen LogP contribution in [-0.4, -0.2) is 31.6 Å². The summed E-state index contributed by atoms with van der Waals surface area (Å²) in [4.78, 5) is 17.5. The molecule has 0 radical (unpaired) electrons. The molecule has 0 saturated heterocycles. The summed E-state index contributed by atoms with van der Waals surface area (Å²) in [7, 11) is 3.57. The minimum absolute atomic E-state index is 0.515. The number of methoxy groups -OCH3 is 1. The molecule has 0 spiro atoms. The molecular formula is C17H16N6O. The van der Waals surface area contributed by atoms with E-state index in [1.54, 1.807) is 25.8 Å². The molecule has 0 saturated carbocycles. The second-order valence-electron chi connectivity index (χ2n) is 5.43. The van der Waals surface area contributed by atoms with Crippen LogP contribution in [0, 0.1) is 0 Å². The highest BCUT2D eigenvalue weighted by Gasteiger charge is 2.11. The van der Waals surface area contributed by atoms with Gasteiger partial charge in [-0.1, -0.05) is 6.07 Å². The fourth-order valence-electron chi connectivity index (χ4n) is 2.72. The molecule has 0 aliphatic heterocycles. The summed E-state index contributed by atoms with van der Waals surface area (Å²) in [5, 5.41) is 4.32. The van der Waals surface area contributed by atoms with Crippen molar-refractivity contribution in [2.75, 3.05) is 12.4 Å². The van der Waals surface area contributed by atoms with Crippen molar-refractivity contribution in [1.82, 2.24) is 24.5 Å². The lowest BCUT2D eigenvalue weighted by Gasteiger charge is -2.12. The summed E-state index contributed by atoms with van der Waals surface area (Å²) in [6.07, 6.45) is 5.22. The van der Waals surface area contributed by atoms with Crippen LogP contribution in [-0.2, 0) is 13.6 Å². The Labute approximate surface area is 138 Å². The van der Waals surface area contributed by atoms with Crippen molar-refractivity contribution in [3.8, 4) is 5.75 Å². The Kier molecular flexibility index (Phi) is 3.45. The van der Waals surface area contributed by atoms with Gasteiger partial charge in [0.25, 0.3) is 0 Å². The third-order valence-electron chi connectivity index (χ3n) is 3.93. The van der Waals surface area contributed by atoms with Gasteiger partial charge in [0.15, 0.2) is 5.65 Å². The van der Waals surface area contributed by atoms with Gasteiger partial charge in [-0.05, 0) is 18.2 Å². The number of aromatic nitrogens is 5. The number of fused-ring (bicyclic) bond motifs is 2. The van der Waals surface area contributed by atoms with Crippen LogP contribution in [0.2, 0.25) is 0 Å². The summed E-state index contributed by atoms with van der Waals surface area (Å²) in [5.74, 6) is 1.33. The van der Waals surface area contributed by atoms with Crippen molar-refractivity contribution in [2.45, 2.75) is 6.54 Å². The number of imidazole rings is 1. The topological polar surface area (TPSA) is 77.8 Å². The van der Waals surface area contributed by atoms with Crippen LogP contribution in [0.15, 0.2) is 43.0 Å². The molecular weight excluding hydrogens is 304 g/mol. The molecule has 7 nitrogen and oxygen atoms in total. The molecule has 4 rings (SSSR count). The van der Waals surface area contributed by atoms with E-state index in [-0.39, 0.29) is 0 Å². The highest BCUT2D eigenvalue weighted by molar-refractivity contribution is 5.84. The second kappa shape index (κ2) is 5.77. The molecule has 1 aromatic carbocycles. The number of nitrogens with one attached hydrogen (secondary N) is 1. The maximum Gasteiger partial charge on any atom is 0.225 e. The number of hydrogen-bond acceptors (Lipinski definition) is 6. The molecule has 24 heavy (non-hydrogen) atoms. The van der Waals surface area contributed by atoms with Gasteiger partial charge < -0.3 is 14.6 Å². The van der Waals surface area contributed by atoms with E-state index in [9.17, 15) is 0 Å². The number of benzene rings is 1. The largest absolute Gasteiger partial charge is 0.496 e. The number of pyridine rings is 1. The van der Waals surface area contributed by atoms with E-state index in [1.165, 1.54) is 0 Å². The van der Waals surface area contributed by atoms with Crippen LogP contribution < -0.4 is 10.1 Å². The summed E-state index contributed by atoms with van der Waals surface area (Å²) >= 11 is 0. The fraction of sp³-hybridized carbons (Fsp3) is 0.176. The number of hydrogen-bond donors (Lipinski definition) is 1. The van der Waals surface area contributed by atoms with Crippen LogP contribution in [0.1, 0.15) is 5.56 Å². The first-order valence-electron chi connectivity index (χ1n) is 7.55. The maximum atomic E-state index is 5.48. The van der Waals surface area contributed by atoms with Crippen molar-refractivity contribution in [3.05, 3.63) is 48.5 Å². The number of aryl methyl sites for hydroxylation is 1. The quantitative estimate of drug-likeness (QED) is 0.622. The Morgan fingerprint density at radius 2 is 2.08 bits per heavy atom. The zero-order valence-corrected chi connectivity index (χ0v) is 13.4. The zero-order chi connectivity index (χ0) is 16.5. The third-order valence-corrected chi connectivity index (χ3v) is 3.93. The zero-order valence-electron chi connectivity index (χ0n) is 13.4. The van der Waals surface area contributed by atoms with Gasteiger partial charge in [0.1, 0.15) is 11.3 Å². The van der Waals surface area contributed by atoms with Gasteiger partial charge in [-0.25, -0.2) is 9.97 Å². The molecule has 3 heterocycles. The molecule has 0 unspecified atom stereocenters. The van der Waals surface area contributed by atoms with E-state index >= 15 is 0 Å². The summed E-state index contributed by atoms with van der Waals surface area (Å²) in [6.45, 7) is 0.515. The Balaban J connectivity index is 1.69. The van der Waals surface area contributed by atoms with Gasteiger partial charge in [-0.2, -0.15) is 4.98 Å². The van der Waals surface area contributed by atoms with Crippen LogP contribution in [0.25, 0.3) is 22.1 Å². The van der Waals surface area contributed by atoms with Crippen molar-refractivity contribution in [2.24, 2.45) is 7.05 Å². The Morgan fingerprint density at radius 3 is 2.96 bits per heavy atom. The highest BCUT2D eigenvalue weighted by Crippen LogP contribution is 2.27. The standard InChI is InChI=1S/C17H16N6O/c1-23-10-21-13-9-20-17(22-16(13)23)19-8-12-14(24-2)6-5-11-4-3-7-18-15(11)12/h3-7,9-10H,8H2,1-2H3,(H,19,20,22). The molecule has 3 aromatic heterocycles. The van der Waals surface area contributed by atoms with E-state index in [2.05, 4.69) is 25.3 Å². The molecule has 0 fully saturated rings. The monoisotopic (exact) mass is 320 g/mol. The van der Waals surface area contributed by atoms with Crippen LogP contribution in [0.5, 0.6) is 5.75 Å². The van der Waals surface area contributed by atoms with E-state index in [0.29, 0.717) is 12.5 Å². The minimum atomic E-state index is 0.515. The van der Waals surface area contributed by atoms with Crippen molar-refractivity contribution >= 4 is 28.0 Å². The Morgan fingerprint density at radius 1 is 1.17 bits per heavy atom. The molecule has 0 amide bonds. The van der Waals surface area contributed by atoms with E-state index in [0.717, 1.165) is 33.4 Å². The molecule has 0 aliphatic rings. The van der Waals surface area contributed by atoms with Gasteiger partial charge in [-0.15, -0.1) is 0 Å². The lowest BCUT2D eigenvalue weighted by molar-refractivity contribution is 0.411. The van der Waals surface area contributed by atoms with Gasteiger partial charge >= 0.3 is 0 Å². The number of rotatable bonds is 4. The molecule has 0 atom stereocenters. The van der Waals surface area contributed by atoms with Gasteiger partial charge in [0.2, 0.25) is 5.95 Å². The SMILES string of the molecule is COc1ccc2cccnc2c1CNc1ncc2ncn(C)c2n1. The van der Waals surface area contributed by atoms with Gasteiger partial charge in [-0.3, -0.25) is 4.98 Å². The van der Waals surface area contributed by atoms with E-state index in [4.69, 9.17) is 4.74 Å². The van der Waals surface area contributed by atoms with Crippen molar-refractivity contribution in [3.63, 3.8) is 0 Å². The summed E-state index contributed by atoms with van der Waals surface area (Å²) in [6, 6.07) is 7.91. The van der Waals surface area contributed by atoms with Gasteiger partial charge in [0.05, 0.1) is 25.2 Å². The first-order chi connectivity index (χ1) is 11.8. The van der Waals surface area contributed by atoms with E-state index in [1.807, 2.05) is 35.9 Å². The average Bonchev–Trinajstić information content (AvgIpc) is 3.00. The van der Waals surface area contributed by atoms with Crippen LogP contribution >= 0.6 is 0 Å². The smallest absolute Gasteiger partial charge is 0.225 e. The first kappa shape index (κ1) is 14.4. The lowest BCUT2D eigenvalue weighted by Crippen LogP contribution is -2.06. The molecule has 120 valence electrons. The maximum absolute atomic E-state index is 5.48. The second-order valence-corrected chi connectivity index (χ2v) is 5.43. The Hall–Kier alpha value is -3.22. The van der Waals surface area contributed by atoms with E-state index < -0.39 is 0 Å². The lowest BCUT2D eigenvalue weighted by atomic mass is 10.1. The normalized spacial score (nSPS) is 11.1. The average molecular weight is 320 g/mol. The van der Waals surface area contributed by atoms with Crippen molar-refractivity contribution < 1.29 is 4.74 Å². The Bertz CT molecular complexity index is 1030. The minimum Gasteiger partial charge on any atom is -0.496 e. The summed E-state index contributed by atoms with van der Waals surface area (Å²) < 4.78 is 7.35. The molecule has 0 bridgehead atoms. The van der Waals surface area contributed by atoms with Crippen LogP contribution in [0.4, 0.5) is 5.95 Å². The first-order valence-corrected chi connectivity index (χ1v) is 7.55. The fourth-order valence-corrected chi connectivity index (χ4v) is 2.72. The number of anilines is 1. The van der Waals surface area contributed by atoms with Gasteiger partial charge in [0, 0.05) is 30.7 Å². The third kappa shape index (κ3) is 2.40. The number of ether oxygens (including phenoxy) is 1. The highest BCUT2D eigenvalue weighted by atomic mass is 16.5. The molecule has 4 aromatic rings. The van der Waals surface area contributed by atoms with Crippen LogP contribution in [0.3, 0.4) is 0 Å². The molecule has 1 N–H and O–H groups in total. The predicted octanol–water partition coefficient (Wildman–Crippen LogP) is 2.53. The summed E-state index contributed by atoms with van der Waals surface area (Å²) in [5.41, 5.74) is 3.44. The number of nitrogens with zero attached hydrogens (tertiary/aromatic N) is 5. The van der Waals surface area contributed by atoms with Crippen molar-refractivity contribution in [1.29, 1.82) is 0 Å².